The van der Waals surface area contributed by atoms with Gasteiger partial charge in [0.1, 0.15) is 6.33 Å². The minimum absolute atomic E-state index is 0.120. The zero-order chi connectivity index (χ0) is 20.2. The third-order valence-corrected chi connectivity index (χ3v) is 6.60. The monoisotopic (exact) mass is 406 g/mol. The maximum absolute atomic E-state index is 13.0. The first-order chi connectivity index (χ1) is 14.2. The summed E-state index contributed by atoms with van der Waals surface area (Å²) in [6, 6.07) is 16.9. The number of aromatic nitrogens is 3. The molecule has 3 aromatic rings. The molecule has 0 spiro atoms. The highest BCUT2D eigenvalue weighted by Crippen LogP contribution is 2.34. The molecule has 2 aromatic carbocycles. The number of thioether (sulfide) groups is 1. The summed E-state index contributed by atoms with van der Waals surface area (Å²) >= 11 is 1.45. The first kappa shape index (κ1) is 19.7. The van der Waals surface area contributed by atoms with Crippen LogP contribution in [0.15, 0.2) is 60.0 Å². The quantitative estimate of drug-likeness (QED) is 0.567. The number of aryl methyl sites for hydroxylation is 2. The maximum Gasteiger partial charge on any atom is 0.233 e. The second-order valence-corrected chi connectivity index (χ2v) is 8.31. The Labute approximate surface area is 176 Å². The van der Waals surface area contributed by atoms with Crippen molar-refractivity contribution >= 4 is 17.7 Å². The summed E-state index contributed by atoms with van der Waals surface area (Å²) in [7, 11) is 1.92. The summed E-state index contributed by atoms with van der Waals surface area (Å²) in [4.78, 5) is 14.9. The van der Waals surface area contributed by atoms with Gasteiger partial charge >= 0.3 is 0 Å². The molecule has 1 aliphatic rings. The van der Waals surface area contributed by atoms with Crippen molar-refractivity contribution in [3.8, 4) is 5.69 Å². The first-order valence-corrected chi connectivity index (χ1v) is 11.1. The first-order valence-electron chi connectivity index (χ1n) is 10.1. The fourth-order valence-corrected chi connectivity index (χ4v) is 4.91. The molecule has 0 saturated heterocycles. The van der Waals surface area contributed by atoms with E-state index in [1.165, 1.54) is 28.5 Å². The number of carbonyl (C=O) groups excluding carboxylic acids is 1. The van der Waals surface area contributed by atoms with E-state index in [-0.39, 0.29) is 11.9 Å². The molecule has 0 aliphatic heterocycles. The van der Waals surface area contributed by atoms with Crippen LogP contribution in [0.4, 0.5) is 0 Å². The van der Waals surface area contributed by atoms with Crippen LogP contribution in [0.3, 0.4) is 0 Å². The van der Waals surface area contributed by atoms with Crippen LogP contribution in [-0.4, -0.2) is 38.4 Å². The topological polar surface area (TPSA) is 51.0 Å². The molecule has 0 bridgehead atoms. The van der Waals surface area contributed by atoms with Gasteiger partial charge in [0.25, 0.3) is 0 Å². The van der Waals surface area contributed by atoms with Crippen LogP contribution in [0, 0.1) is 0 Å². The molecule has 0 unspecified atom stereocenters. The van der Waals surface area contributed by atoms with Crippen LogP contribution in [0.1, 0.15) is 42.5 Å². The van der Waals surface area contributed by atoms with E-state index < -0.39 is 0 Å². The number of rotatable bonds is 6. The smallest absolute Gasteiger partial charge is 0.233 e. The highest BCUT2D eigenvalue weighted by molar-refractivity contribution is 7.99. The Hall–Kier alpha value is -2.60. The van der Waals surface area contributed by atoms with E-state index in [0.29, 0.717) is 5.75 Å². The van der Waals surface area contributed by atoms with Gasteiger partial charge < -0.3 is 4.90 Å². The Kier molecular flexibility index (Phi) is 6.00. The molecule has 1 heterocycles. The van der Waals surface area contributed by atoms with E-state index in [0.717, 1.165) is 36.5 Å². The van der Waals surface area contributed by atoms with Gasteiger partial charge in [0, 0.05) is 7.05 Å². The summed E-state index contributed by atoms with van der Waals surface area (Å²) in [5, 5.41) is 9.08. The maximum atomic E-state index is 13.0. The lowest BCUT2D eigenvalue weighted by atomic mass is 9.87. The van der Waals surface area contributed by atoms with E-state index in [4.69, 9.17) is 0 Å². The zero-order valence-corrected chi connectivity index (χ0v) is 17.7. The molecule has 0 radical (unpaired) electrons. The van der Waals surface area contributed by atoms with Gasteiger partial charge in [0.2, 0.25) is 5.91 Å². The Morgan fingerprint density at radius 2 is 2.00 bits per heavy atom. The Morgan fingerprint density at radius 3 is 2.86 bits per heavy atom. The molecule has 1 amide bonds. The zero-order valence-electron chi connectivity index (χ0n) is 16.9. The summed E-state index contributed by atoms with van der Waals surface area (Å²) < 4.78 is 1.98. The predicted molar refractivity (Wildman–Crippen MR) is 116 cm³/mol. The number of para-hydroxylation sites is 1. The molecule has 0 N–H and O–H groups in total. The van der Waals surface area contributed by atoms with E-state index in [2.05, 4.69) is 53.5 Å². The van der Waals surface area contributed by atoms with E-state index in [1.807, 2.05) is 28.6 Å². The van der Waals surface area contributed by atoms with Crippen molar-refractivity contribution in [3.63, 3.8) is 0 Å². The molecule has 0 fully saturated rings. The lowest BCUT2D eigenvalue weighted by Crippen LogP contribution is -2.34. The molecule has 1 atom stereocenters. The average molecular weight is 407 g/mol. The molecule has 0 saturated carbocycles. The van der Waals surface area contributed by atoms with E-state index >= 15 is 0 Å². The summed E-state index contributed by atoms with van der Waals surface area (Å²) in [5.41, 5.74) is 4.97. The average Bonchev–Trinajstić information content (AvgIpc) is 3.25. The van der Waals surface area contributed by atoms with Crippen LogP contribution in [0.5, 0.6) is 0 Å². The highest BCUT2D eigenvalue weighted by Gasteiger charge is 2.26. The molecule has 6 heteroatoms. The van der Waals surface area contributed by atoms with Crippen molar-refractivity contribution < 1.29 is 4.79 Å². The van der Waals surface area contributed by atoms with Gasteiger partial charge in [-0.15, -0.1) is 10.2 Å². The Balaban J connectivity index is 1.47. The van der Waals surface area contributed by atoms with Crippen molar-refractivity contribution in [2.24, 2.45) is 0 Å². The Morgan fingerprint density at radius 1 is 1.21 bits per heavy atom. The molecular weight excluding hydrogens is 380 g/mol. The van der Waals surface area contributed by atoms with Crippen LogP contribution >= 0.6 is 11.8 Å². The van der Waals surface area contributed by atoms with Crippen LogP contribution < -0.4 is 0 Å². The van der Waals surface area contributed by atoms with Crippen molar-refractivity contribution in [2.75, 3.05) is 12.8 Å². The third-order valence-electron chi connectivity index (χ3n) is 5.67. The number of fused-ring (bicyclic) bond motifs is 1. The second kappa shape index (κ2) is 8.82. The van der Waals surface area contributed by atoms with Crippen LogP contribution in [0.25, 0.3) is 5.69 Å². The Bertz CT molecular complexity index is 1000. The fraction of sp³-hybridized carbons (Fsp3) is 0.348. The number of carbonyl (C=O) groups is 1. The molecule has 150 valence electrons. The van der Waals surface area contributed by atoms with Gasteiger partial charge in [-0.2, -0.15) is 0 Å². The lowest BCUT2D eigenvalue weighted by Gasteiger charge is -2.33. The number of nitrogens with zero attached hydrogens (tertiary/aromatic N) is 4. The molecule has 29 heavy (non-hydrogen) atoms. The van der Waals surface area contributed by atoms with Crippen molar-refractivity contribution in [3.05, 3.63) is 71.5 Å². The minimum Gasteiger partial charge on any atom is -0.338 e. The van der Waals surface area contributed by atoms with Crippen molar-refractivity contribution in [2.45, 2.75) is 43.8 Å². The van der Waals surface area contributed by atoms with Gasteiger partial charge in [0.15, 0.2) is 5.16 Å². The minimum atomic E-state index is 0.120. The largest absolute Gasteiger partial charge is 0.338 e. The van der Waals surface area contributed by atoms with Crippen LogP contribution in [0.2, 0.25) is 0 Å². The number of amides is 1. The van der Waals surface area contributed by atoms with Gasteiger partial charge in [0.05, 0.1) is 17.5 Å². The van der Waals surface area contributed by atoms with Gasteiger partial charge in [-0.3, -0.25) is 9.36 Å². The van der Waals surface area contributed by atoms with Gasteiger partial charge in [-0.05, 0) is 48.4 Å². The summed E-state index contributed by atoms with van der Waals surface area (Å²) in [5.74, 6) is 0.470. The van der Waals surface area contributed by atoms with E-state index in [1.54, 1.807) is 6.33 Å². The number of hydrogen-bond donors (Lipinski definition) is 0. The van der Waals surface area contributed by atoms with Crippen molar-refractivity contribution in [1.29, 1.82) is 0 Å². The SMILES string of the molecule is CCc1ccccc1-n1cnnc1SCC(=O)N(C)[C@@H]1CCCc2ccccc21. The second-order valence-electron chi connectivity index (χ2n) is 7.37. The predicted octanol–water partition coefficient (Wildman–Crippen LogP) is 4.46. The van der Waals surface area contributed by atoms with Gasteiger partial charge in [-0.25, -0.2) is 0 Å². The van der Waals surface area contributed by atoms with Crippen LogP contribution in [-0.2, 0) is 17.6 Å². The molecule has 1 aliphatic carbocycles. The lowest BCUT2D eigenvalue weighted by molar-refractivity contribution is -0.129. The number of benzene rings is 2. The summed E-state index contributed by atoms with van der Waals surface area (Å²) in [6.45, 7) is 2.14. The molecule has 5 nitrogen and oxygen atoms in total. The normalized spacial score (nSPS) is 15.7. The van der Waals surface area contributed by atoms with Crippen molar-refractivity contribution in [1.82, 2.24) is 19.7 Å². The summed E-state index contributed by atoms with van der Waals surface area (Å²) in [6.07, 6.45) is 5.89. The van der Waals surface area contributed by atoms with Gasteiger partial charge in [-0.1, -0.05) is 61.2 Å². The molecule has 1 aromatic heterocycles. The third kappa shape index (κ3) is 4.08. The molecule has 4 rings (SSSR count). The molecular formula is C23H26N4OS. The number of hydrogen-bond acceptors (Lipinski definition) is 4. The van der Waals surface area contributed by atoms with E-state index in [9.17, 15) is 4.79 Å². The highest BCUT2D eigenvalue weighted by atomic mass is 32.2. The fourth-order valence-electron chi connectivity index (χ4n) is 4.07. The standard InChI is InChI=1S/C23H26N4OS/c1-3-17-9-5-7-13-20(17)27-16-24-25-23(27)29-15-22(28)26(2)21-14-8-11-18-10-4-6-12-19(18)21/h4-7,9-10,12-13,16,21H,3,8,11,14-15H2,1-2H3/t21-/m1/s1.